The van der Waals surface area contributed by atoms with Gasteiger partial charge < -0.3 is 19.7 Å². The molecule has 2 aliphatic heterocycles. The van der Waals surface area contributed by atoms with Gasteiger partial charge in [0, 0.05) is 30.9 Å². The molecular formula is C21H32N2O3. The second-order valence-corrected chi connectivity index (χ2v) is 7.40. The van der Waals surface area contributed by atoms with Gasteiger partial charge in [-0.05, 0) is 76.4 Å². The van der Waals surface area contributed by atoms with E-state index in [9.17, 15) is 4.79 Å². The van der Waals surface area contributed by atoms with Gasteiger partial charge in [-0.2, -0.15) is 0 Å². The highest BCUT2D eigenvalue weighted by molar-refractivity contribution is 5.94. The summed E-state index contributed by atoms with van der Waals surface area (Å²) in [6.45, 7) is 7.79. The van der Waals surface area contributed by atoms with Crippen LogP contribution in [-0.4, -0.2) is 55.3 Å². The first-order chi connectivity index (χ1) is 12.7. The first-order valence-electron chi connectivity index (χ1n) is 10.1. The third-order valence-corrected chi connectivity index (χ3v) is 5.57. The van der Waals surface area contributed by atoms with Crippen LogP contribution in [0.25, 0.3) is 0 Å². The molecular weight excluding hydrogens is 328 g/mol. The molecule has 0 aliphatic carbocycles. The van der Waals surface area contributed by atoms with Crippen molar-refractivity contribution in [1.29, 1.82) is 0 Å². The minimum Gasteiger partial charge on any atom is -0.490 e. The minimum absolute atomic E-state index is 0.125. The van der Waals surface area contributed by atoms with Gasteiger partial charge >= 0.3 is 0 Å². The third-order valence-electron chi connectivity index (χ3n) is 5.57. The largest absolute Gasteiger partial charge is 0.490 e. The molecule has 144 valence electrons. The first kappa shape index (κ1) is 19.2. The minimum atomic E-state index is 0.125. The van der Waals surface area contributed by atoms with E-state index in [0.29, 0.717) is 0 Å². The molecule has 5 heteroatoms. The van der Waals surface area contributed by atoms with E-state index in [1.807, 2.05) is 24.3 Å². The Morgan fingerprint density at radius 1 is 1.19 bits per heavy atom. The van der Waals surface area contributed by atoms with Gasteiger partial charge in [-0.25, -0.2) is 0 Å². The lowest BCUT2D eigenvalue weighted by molar-refractivity contribution is 0.0179. The molecule has 1 atom stereocenters. The van der Waals surface area contributed by atoms with E-state index in [4.69, 9.17) is 9.47 Å². The number of hydrogen-bond donors (Lipinski definition) is 1. The van der Waals surface area contributed by atoms with Crippen LogP contribution in [0.15, 0.2) is 24.3 Å². The fraction of sp³-hybridized carbons (Fsp3) is 0.667. The summed E-state index contributed by atoms with van der Waals surface area (Å²) in [4.78, 5) is 15.3. The van der Waals surface area contributed by atoms with Crippen LogP contribution in [0.5, 0.6) is 5.75 Å². The maximum absolute atomic E-state index is 13.2. The molecule has 2 fully saturated rings. The standard InChI is InChI=1S/C21H32N2O3/c1-3-16(2)23(18-10-14-25-15-11-18)21(24)17-4-6-19(7-5-17)26-20-8-12-22-13-9-20/h4-7,16,18,20,22H,3,8-15H2,1-2H3. The maximum Gasteiger partial charge on any atom is 0.254 e. The van der Waals surface area contributed by atoms with Crippen molar-refractivity contribution in [2.75, 3.05) is 26.3 Å². The molecule has 1 N–H and O–H groups in total. The fourth-order valence-corrected chi connectivity index (χ4v) is 3.82. The molecule has 0 saturated carbocycles. The monoisotopic (exact) mass is 360 g/mol. The van der Waals surface area contributed by atoms with E-state index in [-0.39, 0.29) is 24.1 Å². The van der Waals surface area contributed by atoms with Crippen LogP contribution in [0.4, 0.5) is 0 Å². The van der Waals surface area contributed by atoms with Gasteiger partial charge in [-0.1, -0.05) is 6.92 Å². The number of hydrogen-bond acceptors (Lipinski definition) is 4. The average molecular weight is 360 g/mol. The zero-order chi connectivity index (χ0) is 18.4. The zero-order valence-corrected chi connectivity index (χ0v) is 16.1. The van der Waals surface area contributed by atoms with Gasteiger partial charge in [0.2, 0.25) is 0 Å². The highest BCUT2D eigenvalue weighted by Crippen LogP contribution is 2.23. The molecule has 0 radical (unpaired) electrons. The Morgan fingerprint density at radius 3 is 2.46 bits per heavy atom. The Hall–Kier alpha value is -1.59. The number of carbonyl (C=O) groups is 1. The Bertz CT molecular complexity index is 563. The molecule has 1 amide bonds. The van der Waals surface area contributed by atoms with Gasteiger partial charge in [-0.15, -0.1) is 0 Å². The van der Waals surface area contributed by atoms with E-state index >= 15 is 0 Å². The predicted octanol–water partition coefficient (Wildman–Crippen LogP) is 3.24. The normalized spacial score (nSPS) is 20.5. The molecule has 0 spiro atoms. The second-order valence-electron chi connectivity index (χ2n) is 7.40. The second kappa shape index (κ2) is 9.38. The average Bonchev–Trinajstić information content (AvgIpc) is 2.70. The molecule has 1 unspecified atom stereocenters. The Labute approximate surface area is 157 Å². The van der Waals surface area contributed by atoms with Crippen molar-refractivity contribution < 1.29 is 14.3 Å². The number of benzene rings is 1. The summed E-state index contributed by atoms with van der Waals surface area (Å²) in [5.41, 5.74) is 0.745. The molecule has 0 aromatic heterocycles. The van der Waals surface area contributed by atoms with Crippen molar-refractivity contribution in [2.45, 2.75) is 64.1 Å². The van der Waals surface area contributed by atoms with Crippen LogP contribution in [0.3, 0.4) is 0 Å². The van der Waals surface area contributed by atoms with Crippen LogP contribution in [0.1, 0.15) is 56.3 Å². The molecule has 5 nitrogen and oxygen atoms in total. The van der Waals surface area contributed by atoms with Crippen molar-refractivity contribution >= 4 is 5.91 Å². The molecule has 1 aromatic carbocycles. The highest BCUT2D eigenvalue weighted by atomic mass is 16.5. The van der Waals surface area contributed by atoms with E-state index in [1.165, 1.54) is 0 Å². The van der Waals surface area contributed by atoms with E-state index in [0.717, 1.165) is 69.7 Å². The van der Waals surface area contributed by atoms with Gasteiger partial charge in [-0.3, -0.25) is 4.79 Å². The van der Waals surface area contributed by atoms with Crippen molar-refractivity contribution in [3.8, 4) is 5.75 Å². The molecule has 2 heterocycles. The van der Waals surface area contributed by atoms with Crippen LogP contribution in [0.2, 0.25) is 0 Å². The van der Waals surface area contributed by atoms with Gasteiger partial charge in [0.1, 0.15) is 11.9 Å². The van der Waals surface area contributed by atoms with Crippen molar-refractivity contribution in [3.05, 3.63) is 29.8 Å². The first-order valence-corrected chi connectivity index (χ1v) is 10.1. The zero-order valence-electron chi connectivity index (χ0n) is 16.1. The molecule has 3 rings (SSSR count). The van der Waals surface area contributed by atoms with Crippen LogP contribution >= 0.6 is 0 Å². The number of nitrogens with zero attached hydrogens (tertiary/aromatic N) is 1. The third kappa shape index (κ3) is 4.77. The van der Waals surface area contributed by atoms with Crippen LogP contribution < -0.4 is 10.1 Å². The lowest BCUT2D eigenvalue weighted by atomic mass is 10.0. The summed E-state index contributed by atoms with van der Waals surface area (Å²) in [5.74, 6) is 0.981. The molecule has 26 heavy (non-hydrogen) atoms. The molecule has 2 aliphatic rings. The van der Waals surface area contributed by atoms with Crippen LogP contribution in [-0.2, 0) is 4.74 Å². The summed E-state index contributed by atoms with van der Waals surface area (Å²) in [5, 5.41) is 3.35. The number of piperidine rings is 1. The van der Waals surface area contributed by atoms with Gasteiger partial charge in [0.05, 0.1) is 0 Å². The van der Waals surface area contributed by atoms with Crippen molar-refractivity contribution in [3.63, 3.8) is 0 Å². The number of rotatable bonds is 6. The van der Waals surface area contributed by atoms with E-state index < -0.39 is 0 Å². The molecule has 0 bridgehead atoms. The lowest BCUT2D eigenvalue weighted by Crippen LogP contribution is -2.48. The maximum atomic E-state index is 13.2. The Morgan fingerprint density at radius 2 is 1.85 bits per heavy atom. The summed E-state index contributed by atoms with van der Waals surface area (Å²) in [7, 11) is 0. The molecule has 1 aromatic rings. The van der Waals surface area contributed by atoms with Gasteiger partial charge in [0.25, 0.3) is 5.91 Å². The fourth-order valence-electron chi connectivity index (χ4n) is 3.82. The van der Waals surface area contributed by atoms with Crippen LogP contribution in [0, 0.1) is 0 Å². The Kier molecular flexibility index (Phi) is 6.92. The topological polar surface area (TPSA) is 50.8 Å². The quantitative estimate of drug-likeness (QED) is 0.846. The predicted molar refractivity (Wildman–Crippen MR) is 103 cm³/mol. The van der Waals surface area contributed by atoms with E-state index in [2.05, 4.69) is 24.1 Å². The Balaban J connectivity index is 1.67. The number of nitrogens with one attached hydrogen (secondary N) is 1. The number of carbonyl (C=O) groups excluding carboxylic acids is 1. The van der Waals surface area contributed by atoms with Crippen molar-refractivity contribution in [1.82, 2.24) is 10.2 Å². The highest BCUT2D eigenvalue weighted by Gasteiger charge is 2.29. The number of amides is 1. The summed E-state index contributed by atoms with van der Waals surface area (Å²) in [6, 6.07) is 8.20. The molecule has 2 saturated heterocycles. The van der Waals surface area contributed by atoms with E-state index in [1.54, 1.807) is 0 Å². The smallest absolute Gasteiger partial charge is 0.254 e. The SMILES string of the molecule is CCC(C)N(C(=O)c1ccc(OC2CCNCC2)cc1)C1CCOCC1. The summed E-state index contributed by atoms with van der Waals surface area (Å²) < 4.78 is 11.5. The lowest BCUT2D eigenvalue weighted by Gasteiger charge is -2.38. The summed E-state index contributed by atoms with van der Waals surface area (Å²) in [6.07, 6.45) is 5.15. The van der Waals surface area contributed by atoms with Crippen molar-refractivity contribution in [2.24, 2.45) is 0 Å². The number of ether oxygens (including phenoxy) is 2. The summed E-state index contributed by atoms with van der Waals surface area (Å²) >= 11 is 0. The van der Waals surface area contributed by atoms with Gasteiger partial charge in [0.15, 0.2) is 0 Å².